The lowest BCUT2D eigenvalue weighted by Gasteiger charge is -2.21. The van der Waals surface area contributed by atoms with Gasteiger partial charge in [-0.15, -0.1) is 12.4 Å². The van der Waals surface area contributed by atoms with Gasteiger partial charge in [-0.05, 0) is 44.0 Å². The van der Waals surface area contributed by atoms with Gasteiger partial charge in [-0.25, -0.2) is 0 Å². The number of hydrogen-bond donors (Lipinski definition) is 1. The van der Waals surface area contributed by atoms with E-state index >= 15 is 0 Å². The van der Waals surface area contributed by atoms with Gasteiger partial charge in [0, 0.05) is 5.54 Å². The SMILES string of the molecule is COc1ccc(C(F)(F)F)cc1CC(C)(C)N.Cl. The molecule has 2 N–H and O–H groups in total. The topological polar surface area (TPSA) is 35.2 Å². The fourth-order valence-corrected chi connectivity index (χ4v) is 1.58. The van der Waals surface area contributed by atoms with Crippen molar-refractivity contribution in [2.24, 2.45) is 5.73 Å². The van der Waals surface area contributed by atoms with Gasteiger partial charge in [0.15, 0.2) is 0 Å². The first-order valence-corrected chi connectivity index (χ1v) is 5.16. The summed E-state index contributed by atoms with van der Waals surface area (Å²) in [6.07, 6.45) is -4.03. The number of methoxy groups -OCH3 is 1. The average molecular weight is 284 g/mol. The molecular weight excluding hydrogens is 267 g/mol. The van der Waals surface area contributed by atoms with Crippen LogP contribution in [0.1, 0.15) is 25.0 Å². The van der Waals surface area contributed by atoms with Gasteiger partial charge in [0.2, 0.25) is 0 Å². The maximum absolute atomic E-state index is 12.6. The minimum Gasteiger partial charge on any atom is -0.496 e. The van der Waals surface area contributed by atoms with E-state index in [9.17, 15) is 13.2 Å². The van der Waals surface area contributed by atoms with E-state index < -0.39 is 17.3 Å². The molecule has 104 valence electrons. The summed E-state index contributed by atoms with van der Waals surface area (Å²) in [6.45, 7) is 3.51. The van der Waals surface area contributed by atoms with Crippen molar-refractivity contribution in [3.63, 3.8) is 0 Å². The van der Waals surface area contributed by atoms with Crippen LogP contribution in [-0.4, -0.2) is 12.6 Å². The number of alkyl halides is 3. The van der Waals surface area contributed by atoms with Crippen LogP contribution >= 0.6 is 12.4 Å². The molecule has 0 aliphatic rings. The van der Waals surface area contributed by atoms with Crippen LogP contribution in [0, 0.1) is 0 Å². The first-order valence-electron chi connectivity index (χ1n) is 5.16. The highest BCUT2D eigenvalue weighted by atomic mass is 35.5. The third-order valence-corrected chi connectivity index (χ3v) is 2.25. The summed E-state index contributed by atoms with van der Waals surface area (Å²) < 4.78 is 42.7. The van der Waals surface area contributed by atoms with Crippen LogP contribution in [0.2, 0.25) is 0 Å². The van der Waals surface area contributed by atoms with E-state index in [4.69, 9.17) is 10.5 Å². The lowest BCUT2D eigenvalue weighted by atomic mass is 9.94. The highest BCUT2D eigenvalue weighted by Crippen LogP contribution is 2.33. The molecule has 2 nitrogen and oxygen atoms in total. The van der Waals surface area contributed by atoms with Gasteiger partial charge in [0.1, 0.15) is 5.75 Å². The Labute approximate surface area is 111 Å². The van der Waals surface area contributed by atoms with E-state index in [1.165, 1.54) is 13.2 Å². The van der Waals surface area contributed by atoms with Crippen LogP contribution in [0.5, 0.6) is 5.75 Å². The summed E-state index contributed by atoms with van der Waals surface area (Å²) in [4.78, 5) is 0. The molecular formula is C12H17ClF3NO. The number of halogens is 4. The third-order valence-electron chi connectivity index (χ3n) is 2.25. The summed E-state index contributed by atoms with van der Waals surface area (Å²) in [6, 6.07) is 3.42. The zero-order chi connectivity index (χ0) is 13.3. The van der Waals surface area contributed by atoms with Crippen LogP contribution < -0.4 is 10.5 Å². The zero-order valence-corrected chi connectivity index (χ0v) is 11.3. The van der Waals surface area contributed by atoms with Crippen molar-refractivity contribution < 1.29 is 17.9 Å². The van der Waals surface area contributed by atoms with Crippen LogP contribution in [0.25, 0.3) is 0 Å². The fraction of sp³-hybridized carbons (Fsp3) is 0.500. The monoisotopic (exact) mass is 283 g/mol. The van der Waals surface area contributed by atoms with Gasteiger partial charge >= 0.3 is 6.18 Å². The largest absolute Gasteiger partial charge is 0.496 e. The van der Waals surface area contributed by atoms with Crippen LogP contribution in [0.4, 0.5) is 13.2 Å². The van der Waals surface area contributed by atoms with Crippen molar-refractivity contribution in [1.82, 2.24) is 0 Å². The predicted octanol–water partition coefficient (Wildman–Crippen LogP) is 3.42. The van der Waals surface area contributed by atoms with Crippen molar-refractivity contribution in [2.75, 3.05) is 7.11 Å². The van der Waals surface area contributed by atoms with E-state index in [0.29, 0.717) is 17.7 Å². The molecule has 0 bridgehead atoms. The van der Waals surface area contributed by atoms with E-state index in [0.717, 1.165) is 12.1 Å². The molecule has 0 heterocycles. The van der Waals surface area contributed by atoms with E-state index in [1.54, 1.807) is 13.8 Å². The number of ether oxygens (including phenoxy) is 1. The molecule has 1 aromatic rings. The molecule has 18 heavy (non-hydrogen) atoms. The molecule has 1 aromatic carbocycles. The minimum absolute atomic E-state index is 0. The van der Waals surface area contributed by atoms with Crippen LogP contribution in [-0.2, 0) is 12.6 Å². The Morgan fingerprint density at radius 3 is 2.17 bits per heavy atom. The van der Waals surface area contributed by atoms with Gasteiger partial charge in [-0.3, -0.25) is 0 Å². The van der Waals surface area contributed by atoms with Crippen molar-refractivity contribution in [3.05, 3.63) is 29.3 Å². The molecule has 0 aliphatic carbocycles. The van der Waals surface area contributed by atoms with Crippen LogP contribution in [0.3, 0.4) is 0 Å². The number of rotatable bonds is 3. The number of hydrogen-bond acceptors (Lipinski definition) is 2. The quantitative estimate of drug-likeness (QED) is 0.922. The van der Waals surface area contributed by atoms with E-state index in [-0.39, 0.29) is 12.4 Å². The summed E-state index contributed by atoms with van der Waals surface area (Å²) in [5.74, 6) is 0.427. The maximum Gasteiger partial charge on any atom is 0.416 e. The van der Waals surface area contributed by atoms with Crippen molar-refractivity contribution in [2.45, 2.75) is 32.0 Å². The third kappa shape index (κ3) is 4.74. The molecule has 0 saturated heterocycles. The van der Waals surface area contributed by atoms with Crippen molar-refractivity contribution in [1.29, 1.82) is 0 Å². The smallest absolute Gasteiger partial charge is 0.416 e. The van der Waals surface area contributed by atoms with E-state index in [1.807, 2.05) is 0 Å². The maximum atomic E-state index is 12.6. The summed E-state index contributed by atoms with van der Waals surface area (Å²) in [7, 11) is 1.43. The molecule has 0 fully saturated rings. The van der Waals surface area contributed by atoms with Crippen LogP contribution in [0.15, 0.2) is 18.2 Å². The Bertz CT molecular complexity index is 399. The molecule has 0 saturated carbocycles. The number of benzene rings is 1. The van der Waals surface area contributed by atoms with Gasteiger partial charge in [-0.1, -0.05) is 0 Å². The van der Waals surface area contributed by atoms with Gasteiger partial charge in [0.25, 0.3) is 0 Å². The first-order chi connectivity index (χ1) is 7.63. The standard InChI is InChI=1S/C12H16F3NO.ClH/c1-11(2,16)7-8-6-9(12(13,14)15)4-5-10(8)17-3;/h4-6H,7,16H2,1-3H3;1H. The Hall–Kier alpha value is -0.940. The van der Waals surface area contributed by atoms with Gasteiger partial charge in [-0.2, -0.15) is 13.2 Å². The molecule has 0 aromatic heterocycles. The molecule has 0 aliphatic heterocycles. The second kappa shape index (κ2) is 5.80. The Morgan fingerprint density at radius 2 is 1.78 bits per heavy atom. The highest BCUT2D eigenvalue weighted by molar-refractivity contribution is 5.85. The summed E-state index contributed by atoms with van der Waals surface area (Å²) in [5.41, 5.74) is 5.01. The first kappa shape index (κ1) is 17.1. The highest BCUT2D eigenvalue weighted by Gasteiger charge is 2.31. The Morgan fingerprint density at radius 1 is 1.22 bits per heavy atom. The second-order valence-corrected chi connectivity index (χ2v) is 4.69. The minimum atomic E-state index is -4.35. The average Bonchev–Trinajstić information content (AvgIpc) is 2.13. The number of nitrogens with two attached hydrogens (primary N) is 1. The van der Waals surface area contributed by atoms with E-state index in [2.05, 4.69) is 0 Å². The second-order valence-electron chi connectivity index (χ2n) is 4.69. The summed E-state index contributed by atoms with van der Waals surface area (Å²) >= 11 is 0. The normalized spacial score (nSPS) is 11.9. The molecule has 0 spiro atoms. The Balaban J connectivity index is 0.00000289. The molecule has 6 heteroatoms. The zero-order valence-electron chi connectivity index (χ0n) is 10.5. The van der Waals surface area contributed by atoms with Crippen molar-refractivity contribution >= 4 is 12.4 Å². The molecule has 0 unspecified atom stereocenters. The molecule has 1 rings (SSSR count). The Kier molecular flexibility index (Phi) is 5.50. The lowest BCUT2D eigenvalue weighted by molar-refractivity contribution is -0.137. The van der Waals surface area contributed by atoms with Crippen molar-refractivity contribution in [3.8, 4) is 5.75 Å². The predicted molar refractivity (Wildman–Crippen MR) is 67.2 cm³/mol. The molecule has 0 atom stereocenters. The molecule has 0 amide bonds. The lowest BCUT2D eigenvalue weighted by Crippen LogP contribution is -2.34. The fourth-order valence-electron chi connectivity index (χ4n) is 1.58. The molecule has 0 radical (unpaired) electrons. The van der Waals surface area contributed by atoms with Gasteiger partial charge < -0.3 is 10.5 Å². The van der Waals surface area contributed by atoms with Gasteiger partial charge in [0.05, 0.1) is 12.7 Å². The summed E-state index contributed by atoms with van der Waals surface area (Å²) in [5, 5.41) is 0.